The third-order valence-electron chi connectivity index (χ3n) is 5.74. The molecule has 31 heavy (non-hydrogen) atoms. The number of anilines is 1. The summed E-state index contributed by atoms with van der Waals surface area (Å²) in [5, 5.41) is 5.82. The zero-order valence-electron chi connectivity index (χ0n) is 17.8. The number of hydrogen-bond acceptors (Lipinski definition) is 4. The molecule has 0 unspecified atom stereocenters. The van der Waals surface area contributed by atoms with Crippen LogP contribution < -0.4 is 10.6 Å². The van der Waals surface area contributed by atoms with E-state index in [0.717, 1.165) is 35.7 Å². The van der Waals surface area contributed by atoms with Gasteiger partial charge in [-0.3, -0.25) is 9.59 Å². The highest BCUT2D eigenvalue weighted by molar-refractivity contribution is 9.10. The van der Waals surface area contributed by atoms with Crippen molar-refractivity contribution in [2.75, 3.05) is 12.4 Å². The number of aryl methyl sites for hydroxylation is 1. The lowest BCUT2D eigenvalue weighted by Crippen LogP contribution is -2.54. The Balaban J connectivity index is 1.80. The first-order valence-corrected chi connectivity index (χ1v) is 11.2. The average molecular weight is 487 g/mol. The van der Waals surface area contributed by atoms with Crippen molar-refractivity contribution in [3.05, 3.63) is 63.6 Å². The predicted octanol–water partition coefficient (Wildman–Crippen LogP) is 5.01. The van der Waals surface area contributed by atoms with Gasteiger partial charge in [-0.25, -0.2) is 4.79 Å². The van der Waals surface area contributed by atoms with Crippen LogP contribution in [0.1, 0.15) is 64.8 Å². The summed E-state index contributed by atoms with van der Waals surface area (Å²) in [6.45, 7) is 1.86. The molecule has 0 saturated heterocycles. The summed E-state index contributed by atoms with van der Waals surface area (Å²) in [5.74, 6) is -1.02. The van der Waals surface area contributed by atoms with Crippen molar-refractivity contribution in [1.82, 2.24) is 5.32 Å². The number of ether oxygens (including phenoxy) is 1. The van der Waals surface area contributed by atoms with Crippen LogP contribution in [0.4, 0.5) is 5.69 Å². The normalized spacial score (nSPS) is 15.5. The lowest BCUT2D eigenvalue weighted by molar-refractivity contribution is -0.148. The number of amides is 2. The zero-order chi connectivity index (χ0) is 22.4. The molecule has 2 N–H and O–H groups in total. The van der Waals surface area contributed by atoms with Crippen molar-refractivity contribution in [2.45, 2.75) is 51.0 Å². The highest BCUT2D eigenvalue weighted by atomic mass is 79.9. The van der Waals surface area contributed by atoms with E-state index >= 15 is 0 Å². The monoisotopic (exact) mass is 486 g/mol. The van der Waals surface area contributed by atoms with E-state index < -0.39 is 11.5 Å². The Morgan fingerprint density at radius 2 is 1.52 bits per heavy atom. The smallest absolute Gasteiger partial charge is 0.331 e. The van der Waals surface area contributed by atoms with Gasteiger partial charge in [0.15, 0.2) is 0 Å². The summed E-state index contributed by atoms with van der Waals surface area (Å²) < 4.78 is 5.91. The van der Waals surface area contributed by atoms with Crippen LogP contribution >= 0.6 is 15.9 Å². The SMILES string of the molecule is COC(=O)C1(NC(=O)c2ccc(C)c(NC(=O)c3ccc(Br)cc3)c2)CCCCCC1. The Bertz CT molecular complexity index is 964. The fourth-order valence-corrected chi connectivity index (χ4v) is 4.16. The lowest BCUT2D eigenvalue weighted by Gasteiger charge is -2.31. The van der Waals surface area contributed by atoms with E-state index in [1.165, 1.54) is 7.11 Å². The van der Waals surface area contributed by atoms with Gasteiger partial charge in [0.1, 0.15) is 5.54 Å². The maximum atomic E-state index is 13.1. The van der Waals surface area contributed by atoms with Crippen LogP contribution in [0.3, 0.4) is 0 Å². The first kappa shape index (κ1) is 23.0. The van der Waals surface area contributed by atoms with Gasteiger partial charge < -0.3 is 15.4 Å². The molecule has 0 radical (unpaired) electrons. The van der Waals surface area contributed by atoms with E-state index in [4.69, 9.17) is 4.74 Å². The third-order valence-corrected chi connectivity index (χ3v) is 6.27. The minimum Gasteiger partial charge on any atom is -0.467 e. The van der Waals surface area contributed by atoms with Gasteiger partial charge in [0.05, 0.1) is 7.11 Å². The van der Waals surface area contributed by atoms with Crippen LogP contribution in [0.2, 0.25) is 0 Å². The average Bonchev–Trinajstić information content (AvgIpc) is 3.01. The van der Waals surface area contributed by atoms with E-state index in [9.17, 15) is 14.4 Å². The molecule has 1 fully saturated rings. The number of esters is 1. The molecule has 2 amide bonds. The van der Waals surface area contributed by atoms with Crippen LogP contribution in [-0.4, -0.2) is 30.4 Å². The molecule has 1 saturated carbocycles. The number of carbonyl (C=O) groups excluding carboxylic acids is 3. The zero-order valence-corrected chi connectivity index (χ0v) is 19.4. The molecule has 0 spiro atoms. The molecule has 3 rings (SSSR count). The second-order valence-corrected chi connectivity index (χ2v) is 8.85. The Hall–Kier alpha value is -2.67. The number of halogens is 1. The quantitative estimate of drug-likeness (QED) is 0.459. The summed E-state index contributed by atoms with van der Waals surface area (Å²) in [6, 6.07) is 12.2. The van der Waals surface area contributed by atoms with Crippen LogP contribution in [0.25, 0.3) is 0 Å². The molecule has 0 bridgehead atoms. The Kier molecular flexibility index (Phi) is 7.49. The topological polar surface area (TPSA) is 84.5 Å². The van der Waals surface area contributed by atoms with Gasteiger partial charge in [-0.2, -0.15) is 0 Å². The first-order valence-electron chi connectivity index (χ1n) is 10.4. The van der Waals surface area contributed by atoms with Crippen molar-refractivity contribution in [1.29, 1.82) is 0 Å². The van der Waals surface area contributed by atoms with Gasteiger partial charge in [-0.1, -0.05) is 47.7 Å². The molecule has 0 aromatic heterocycles. The highest BCUT2D eigenvalue weighted by Crippen LogP contribution is 2.29. The Morgan fingerprint density at radius 3 is 2.13 bits per heavy atom. The number of carbonyl (C=O) groups is 3. The highest BCUT2D eigenvalue weighted by Gasteiger charge is 2.41. The predicted molar refractivity (Wildman–Crippen MR) is 123 cm³/mol. The molecule has 1 aliphatic carbocycles. The molecule has 1 aliphatic rings. The van der Waals surface area contributed by atoms with E-state index in [1.54, 1.807) is 42.5 Å². The van der Waals surface area contributed by atoms with E-state index in [2.05, 4.69) is 26.6 Å². The van der Waals surface area contributed by atoms with Gasteiger partial charge in [0, 0.05) is 21.3 Å². The minimum atomic E-state index is -1.01. The van der Waals surface area contributed by atoms with Crippen molar-refractivity contribution >= 4 is 39.4 Å². The van der Waals surface area contributed by atoms with Crippen LogP contribution in [0.15, 0.2) is 46.9 Å². The fourth-order valence-electron chi connectivity index (χ4n) is 3.89. The van der Waals surface area contributed by atoms with Crippen LogP contribution in [0.5, 0.6) is 0 Å². The summed E-state index contributed by atoms with van der Waals surface area (Å²) in [5.41, 5.74) is 1.27. The minimum absolute atomic E-state index is 0.261. The first-order chi connectivity index (χ1) is 14.8. The molecule has 0 atom stereocenters. The van der Waals surface area contributed by atoms with E-state index in [1.807, 2.05) is 6.92 Å². The van der Waals surface area contributed by atoms with Gasteiger partial charge in [0.25, 0.3) is 11.8 Å². The molecular weight excluding hydrogens is 460 g/mol. The maximum Gasteiger partial charge on any atom is 0.331 e. The van der Waals surface area contributed by atoms with Crippen molar-refractivity contribution < 1.29 is 19.1 Å². The summed E-state index contributed by atoms with van der Waals surface area (Å²) in [4.78, 5) is 38.2. The van der Waals surface area contributed by atoms with Gasteiger partial charge in [0.2, 0.25) is 0 Å². The largest absolute Gasteiger partial charge is 0.467 e. The molecular formula is C24H27BrN2O4. The van der Waals surface area contributed by atoms with Crippen molar-refractivity contribution in [3.8, 4) is 0 Å². The molecule has 164 valence electrons. The van der Waals surface area contributed by atoms with Crippen LogP contribution in [-0.2, 0) is 9.53 Å². The lowest BCUT2D eigenvalue weighted by atomic mass is 9.89. The van der Waals surface area contributed by atoms with Crippen molar-refractivity contribution in [3.63, 3.8) is 0 Å². The summed E-state index contributed by atoms with van der Waals surface area (Å²) >= 11 is 3.35. The molecule has 0 heterocycles. The van der Waals surface area contributed by atoms with Gasteiger partial charge >= 0.3 is 5.97 Å². The molecule has 2 aromatic rings. The molecule has 6 nitrogen and oxygen atoms in total. The number of methoxy groups -OCH3 is 1. The van der Waals surface area contributed by atoms with Crippen molar-refractivity contribution in [2.24, 2.45) is 0 Å². The standard InChI is InChI=1S/C24H27BrN2O4/c1-16-7-8-18(15-20(16)26-21(28)17-9-11-19(25)12-10-17)22(29)27-24(23(30)31-2)13-5-3-4-6-14-24/h7-12,15H,3-6,13-14H2,1-2H3,(H,26,28)(H,27,29). The van der Waals surface area contributed by atoms with Crippen LogP contribution in [0, 0.1) is 6.92 Å². The summed E-state index contributed by atoms with van der Waals surface area (Å²) in [7, 11) is 1.35. The van der Waals surface area contributed by atoms with Gasteiger partial charge in [-0.05, 0) is 61.7 Å². The molecule has 7 heteroatoms. The van der Waals surface area contributed by atoms with E-state index in [0.29, 0.717) is 29.7 Å². The maximum absolute atomic E-state index is 13.1. The van der Waals surface area contributed by atoms with E-state index in [-0.39, 0.29) is 11.8 Å². The summed E-state index contributed by atoms with van der Waals surface area (Å²) in [6.07, 6.45) is 4.90. The Labute approximate surface area is 190 Å². The van der Waals surface area contributed by atoms with Gasteiger partial charge in [-0.15, -0.1) is 0 Å². The number of nitrogens with one attached hydrogen (secondary N) is 2. The third kappa shape index (κ3) is 5.53. The second-order valence-electron chi connectivity index (χ2n) is 7.93. The fraction of sp³-hybridized carbons (Fsp3) is 0.375. The molecule has 2 aromatic carbocycles. The second kappa shape index (κ2) is 10.1. The Morgan fingerprint density at radius 1 is 0.903 bits per heavy atom. The number of benzene rings is 2. The number of hydrogen-bond donors (Lipinski definition) is 2. The number of rotatable bonds is 5. The molecule has 0 aliphatic heterocycles.